The van der Waals surface area contributed by atoms with Gasteiger partial charge in [0.05, 0.1) is 88.3 Å². The Morgan fingerprint density at radius 3 is 1.24 bits per heavy atom. The molecule has 2 aliphatic rings. The molecule has 2 aliphatic heterocycles. The Hall–Kier alpha value is -13.0. The smallest absolute Gasteiger partial charge is 0.335 e. The molecule has 674 valence electrons. The zero-order chi connectivity index (χ0) is 90.6. The molecule has 0 saturated carbocycles. The van der Waals surface area contributed by atoms with Gasteiger partial charge in [0, 0.05) is 61.4 Å². The number of carbonyl (C=O) groups is 1. The molecule has 0 fully saturated rings. The number of rotatable bonds is 46. The van der Waals surface area contributed by atoms with Crippen LogP contribution in [0.1, 0.15) is 274 Å². The van der Waals surface area contributed by atoms with E-state index in [1.54, 1.807) is 16.9 Å². The van der Waals surface area contributed by atoms with Crippen molar-refractivity contribution >= 4 is 80.4 Å². The van der Waals surface area contributed by atoms with E-state index in [0.29, 0.717) is 60.0 Å². The second-order valence-corrected chi connectivity index (χ2v) is 35.5. The Balaban J connectivity index is 0.965. The molecule has 0 atom stereocenters. The van der Waals surface area contributed by atoms with Crippen molar-refractivity contribution in [3.8, 4) is 96.2 Å². The summed E-state index contributed by atoms with van der Waals surface area (Å²) >= 11 is 0. The zero-order valence-electron chi connectivity index (χ0n) is 78.3. The van der Waals surface area contributed by atoms with Crippen molar-refractivity contribution in [1.82, 2.24) is 34.9 Å². The number of aromatic carboxylic acids is 1. The van der Waals surface area contributed by atoms with Gasteiger partial charge in [0.2, 0.25) is 0 Å². The maximum Gasteiger partial charge on any atom is 0.335 e. The molecule has 14 nitrogen and oxygen atoms in total. The maximum atomic E-state index is 12.2. The summed E-state index contributed by atoms with van der Waals surface area (Å²) in [7, 11) is 0. The molecule has 0 spiro atoms. The van der Waals surface area contributed by atoms with Crippen molar-refractivity contribution in [2.45, 2.75) is 235 Å². The van der Waals surface area contributed by atoms with E-state index in [0.717, 1.165) is 221 Å². The topological polar surface area (TPSA) is 166 Å². The van der Waals surface area contributed by atoms with E-state index in [9.17, 15) is 9.90 Å². The third kappa shape index (κ3) is 23.4. The molecule has 0 radical (unpaired) electrons. The van der Waals surface area contributed by atoms with Crippen molar-refractivity contribution in [3.05, 3.63) is 274 Å². The molecule has 0 amide bonds. The number of aromatic nitrogens is 7. The number of ether oxygens (including phenoxy) is 4. The van der Waals surface area contributed by atoms with Crippen LogP contribution in [0.3, 0.4) is 0 Å². The zero-order valence-corrected chi connectivity index (χ0v) is 78.3. The average molecular weight is 1740 g/mol. The monoisotopic (exact) mass is 1740 g/mol. The van der Waals surface area contributed by atoms with E-state index < -0.39 is 5.97 Å². The Morgan fingerprint density at radius 2 is 0.756 bits per heavy atom. The highest BCUT2D eigenvalue weighted by atomic mass is 16.5. The van der Waals surface area contributed by atoms with Crippen LogP contribution in [0.15, 0.2) is 212 Å². The lowest BCUT2D eigenvalue weighted by molar-refractivity contribution is 0.0696. The SMILES string of the molecule is CCCCCCCCCCCCOc1cccc(C)c1-c1c2nc(c(N(c3ccc(-c4ccc(C)cc4OCCCCCC)cc3)c3ccc(-c4ccc(C)cc4OCCCCCC)cc3)c3ccc([nH]3)c(-c3c(C)cccc3OCCCCCCCCCCCC)c3nc(c(C#Cc4ccc(-c5ccc(C(=O)O)cc5)c5nn(-c6ccccc6)nc45)c4ccc1[nH]4)C=C3)C=C2. The highest BCUT2D eigenvalue weighted by molar-refractivity contribution is 6.02. The first-order valence-corrected chi connectivity index (χ1v) is 48.8. The molecular formula is C117H130N8O6. The first kappa shape index (κ1) is 92.7. The van der Waals surface area contributed by atoms with Gasteiger partial charge >= 0.3 is 5.97 Å². The molecule has 8 bridgehead atoms. The summed E-state index contributed by atoms with van der Waals surface area (Å²) in [5.74, 6) is 9.74. The number of unbranched alkanes of at least 4 members (excludes halogenated alkanes) is 24. The molecule has 13 aromatic rings. The van der Waals surface area contributed by atoms with Crippen molar-refractivity contribution in [2.75, 3.05) is 31.3 Å². The molecule has 15 rings (SSSR count). The number of fused-ring (bicyclic) bond motifs is 9. The predicted octanol–water partition coefficient (Wildman–Crippen LogP) is 32.0. The van der Waals surface area contributed by atoms with Crippen LogP contribution < -0.4 is 23.8 Å². The molecule has 0 unspecified atom stereocenters. The summed E-state index contributed by atoms with van der Waals surface area (Å²) in [5, 5.41) is 20.3. The lowest BCUT2D eigenvalue weighted by Crippen LogP contribution is -2.12. The number of carboxylic acid groups (broad SMARTS) is 1. The number of nitrogens with zero attached hydrogens (tertiary/aromatic N) is 6. The molecule has 131 heavy (non-hydrogen) atoms. The summed E-state index contributed by atoms with van der Waals surface area (Å²) in [4.78, 5) is 36.3. The van der Waals surface area contributed by atoms with Crippen LogP contribution in [-0.2, 0) is 0 Å². The van der Waals surface area contributed by atoms with Gasteiger partial charge in [0.1, 0.15) is 34.0 Å². The number of anilines is 3. The van der Waals surface area contributed by atoms with Gasteiger partial charge in [-0.2, -0.15) is 4.80 Å². The molecule has 3 N–H and O–H groups in total. The van der Waals surface area contributed by atoms with Gasteiger partial charge in [-0.05, 0) is 220 Å². The summed E-state index contributed by atoms with van der Waals surface area (Å²) in [6.07, 6.45) is 41.9. The number of H-pyrrole nitrogens is 2. The number of nitrogens with one attached hydrogen (secondary N) is 2. The number of hydrogen-bond acceptors (Lipinski definition) is 10. The Morgan fingerprint density at radius 1 is 0.359 bits per heavy atom. The Bertz CT molecular complexity index is 6160. The second-order valence-electron chi connectivity index (χ2n) is 35.5. The van der Waals surface area contributed by atoms with E-state index in [1.807, 2.05) is 54.6 Å². The standard InChI is InChI=1S/C117H130N8O6/c1-9-13-17-21-23-25-27-29-31-38-76-128-106-46-40-42-84(7)110(106)112-100-70-68-98(118-100)97(67-59-89-58-66-96(88-50-52-90(53-51-88)117(126)127)115-114(89)122-125(123-115)93-44-34-33-35-45-93)99-69-71-101(119-99)113(111-85(8)43-41-47-107(111)129-77-39-32-30-28-26-24-22-18-14-10-2)103-73-75-105(121-103)116(104-74-72-102(112)120-104)124(91-60-54-86(55-61-91)94-64-48-82(5)80-108(94)130-78-36-19-15-11-3)92-62-56-87(57-63-92)95-65-49-83(6)81-109(95)131-79-37-20-16-12-4/h33-35,40-58,60-66,68-75,80-81,118,121H,9-32,36-39,76-79H2,1-8H3,(H,126,127). The first-order valence-electron chi connectivity index (χ1n) is 48.8. The van der Waals surface area contributed by atoms with E-state index in [2.05, 4.69) is 252 Å². The lowest BCUT2D eigenvalue weighted by atomic mass is 9.97. The molecule has 4 aromatic heterocycles. The van der Waals surface area contributed by atoms with Crippen molar-refractivity contribution in [3.63, 3.8) is 0 Å². The van der Waals surface area contributed by atoms with Gasteiger partial charge in [-0.15, -0.1) is 10.2 Å². The van der Waals surface area contributed by atoms with Crippen LogP contribution in [-0.4, -0.2) is 72.4 Å². The van der Waals surface area contributed by atoms with Crippen LogP contribution in [0.25, 0.3) is 119 Å². The summed E-state index contributed by atoms with van der Waals surface area (Å²) in [5.41, 5.74) is 25.7. The second kappa shape index (κ2) is 46.5. The first-order chi connectivity index (χ1) is 64.3. The molecular weight excluding hydrogens is 1610 g/mol. The number of aromatic amines is 2. The van der Waals surface area contributed by atoms with Crippen LogP contribution in [0.5, 0.6) is 23.0 Å². The largest absolute Gasteiger partial charge is 0.493 e. The third-order valence-corrected chi connectivity index (χ3v) is 25.4. The van der Waals surface area contributed by atoms with Gasteiger partial charge in [0.15, 0.2) is 0 Å². The Labute approximate surface area is 776 Å². The fourth-order valence-electron chi connectivity index (χ4n) is 18.1. The normalized spacial score (nSPS) is 11.7. The number of benzene rings is 9. The molecule has 0 saturated heterocycles. The lowest BCUT2D eigenvalue weighted by Gasteiger charge is -2.27. The molecule has 6 heterocycles. The highest BCUT2D eigenvalue weighted by Gasteiger charge is 2.27. The number of aryl methyl sites for hydroxylation is 4. The molecule has 14 heteroatoms. The maximum absolute atomic E-state index is 12.2. The van der Waals surface area contributed by atoms with Crippen LogP contribution in [0.4, 0.5) is 17.1 Å². The predicted molar refractivity (Wildman–Crippen MR) is 545 cm³/mol. The van der Waals surface area contributed by atoms with E-state index in [1.165, 1.54) is 116 Å². The fraction of sp³-hybridized carbons (Fsp3) is 0.342. The molecule has 0 aliphatic carbocycles. The number of hydrogen-bond donors (Lipinski definition) is 3. The minimum absolute atomic E-state index is 0.191. The van der Waals surface area contributed by atoms with Gasteiger partial charge in [-0.1, -0.05) is 303 Å². The van der Waals surface area contributed by atoms with Crippen molar-refractivity contribution < 1.29 is 28.8 Å². The summed E-state index contributed by atoms with van der Waals surface area (Å²) < 4.78 is 27.7. The summed E-state index contributed by atoms with van der Waals surface area (Å²) in [6.45, 7) is 20.1. The van der Waals surface area contributed by atoms with E-state index in [-0.39, 0.29) is 5.56 Å². The quantitative estimate of drug-likeness (QED) is 0.0246. The van der Waals surface area contributed by atoms with Crippen LogP contribution in [0, 0.1) is 39.5 Å². The van der Waals surface area contributed by atoms with Gasteiger partial charge in [-0.3, -0.25) is 0 Å². The third-order valence-electron chi connectivity index (χ3n) is 25.4. The van der Waals surface area contributed by atoms with E-state index >= 15 is 0 Å². The number of carboxylic acids is 1. The summed E-state index contributed by atoms with van der Waals surface area (Å²) in [6, 6.07) is 73.2. The van der Waals surface area contributed by atoms with Crippen LogP contribution in [0.2, 0.25) is 0 Å². The number of para-hydroxylation sites is 1. The van der Waals surface area contributed by atoms with Gasteiger partial charge < -0.3 is 38.9 Å². The van der Waals surface area contributed by atoms with Crippen molar-refractivity contribution in [2.24, 2.45) is 0 Å². The van der Waals surface area contributed by atoms with Gasteiger partial charge in [0.25, 0.3) is 0 Å². The van der Waals surface area contributed by atoms with Crippen LogP contribution >= 0.6 is 0 Å². The minimum Gasteiger partial charge on any atom is -0.493 e. The highest BCUT2D eigenvalue weighted by Crippen LogP contribution is 2.48. The minimum atomic E-state index is -0.999. The van der Waals surface area contributed by atoms with E-state index in [4.69, 9.17) is 39.1 Å². The van der Waals surface area contributed by atoms with Crippen molar-refractivity contribution in [1.29, 1.82) is 0 Å². The molecule has 9 aromatic carbocycles. The van der Waals surface area contributed by atoms with Gasteiger partial charge in [-0.25, -0.2) is 14.8 Å². The fourth-order valence-corrected chi connectivity index (χ4v) is 18.1. The Kier molecular flexibility index (Phi) is 32.9. The average Bonchev–Trinajstić information content (AvgIpc) is 1.61.